The maximum absolute atomic E-state index is 12.9. The number of carbonyl (C=O) groups is 1. The summed E-state index contributed by atoms with van der Waals surface area (Å²) in [5.41, 5.74) is 3.17. The van der Waals surface area contributed by atoms with Gasteiger partial charge in [0.2, 0.25) is 0 Å². The van der Waals surface area contributed by atoms with Crippen molar-refractivity contribution in [1.29, 1.82) is 0 Å². The van der Waals surface area contributed by atoms with Gasteiger partial charge in [-0.05, 0) is 17.5 Å². The van der Waals surface area contributed by atoms with Crippen LogP contribution in [0.3, 0.4) is 0 Å². The largest absolute Gasteiger partial charge is 0.467 e. The highest BCUT2D eigenvalue weighted by atomic mass is 16.7. The highest BCUT2D eigenvalue weighted by molar-refractivity contribution is 6.02. The minimum Gasteiger partial charge on any atom is -0.467 e. The van der Waals surface area contributed by atoms with Crippen LogP contribution >= 0.6 is 0 Å². The van der Waals surface area contributed by atoms with E-state index in [0.717, 1.165) is 16.7 Å². The van der Waals surface area contributed by atoms with E-state index in [4.69, 9.17) is 23.7 Å². The molecule has 0 aromatic heterocycles. The molecule has 0 atom stereocenters. The number of hydrogen-bond donors (Lipinski definition) is 0. The molecule has 0 amide bonds. The van der Waals surface area contributed by atoms with Crippen LogP contribution in [0.2, 0.25) is 0 Å². The van der Waals surface area contributed by atoms with E-state index in [9.17, 15) is 4.79 Å². The zero-order valence-electron chi connectivity index (χ0n) is 16.9. The Bertz CT molecular complexity index is 757. The van der Waals surface area contributed by atoms with Gasteiger partial charge < -0.3 is 23.7 Å². The van der Waals surface area contributed by atoms with Crippen LogP contribution in [-0.2, 0) is 20.6 Å². The molecule has 2 aromatic carbocycles. The summed E-state index contributed by atoms with van der Waals surface area (Å²) in [4.78, 5) is 12.9. The highest BCUT2D eigenvalue weighted by Gasteiger charge is 2.25. The summed E-state index contributed by atoms with van der Waals surface area (Å²) in [5, 5.41) is 0. The van der Waals surface area contributed by atoms with E-state index in [1.165, 1.54) is 7.11 Å². The number of benzene rings is 2. The fourth-order valence-corrected chi connectivity index (χ4v) is 3.02. The van der Waals surface area contributed by atoms with Crippen LogP contribution in [0.25, 0.3) is 11.1 Å². The molecule has 0 fully saturated rings. The Morgan fingerprint density at radius 2 is 1.54 bits per heavy atom. The molecule has 6 heteroatoms. The number of carbonyl (C=O) groups excluding carboxylic acids is 1. The van der Waals surface area contributed by atoms with Gasteiger partial charge >= 0.3 is 0 Å². The number of hydrogen-bond acceptors (Lipinski definition) is 6. The van der Waals surface area contributed by atoms with E-state index in [2.05, 4.69) is 0 Å². The van der Waals surface area contributed by atoms with Crippen molar-refractivity contribution in [2.45, 2.75) is 19.8 Å². The van der Waals surface area contributed by atoms with Crippen molar-refractivity contribution in [3.63, 3.8) is 0 Å². The smallest absolute Gasteiger partial charge is 0.188 e. The molecule has 0 heterocycles. The Hall–Kier alpha value is -2.41. The van der Waals surface area contributed by atoms with Crippen LogP contribution < -0.4 is 9.47 Å². The van der Waals surface area contributed by atoms with E-state index >= 15 is 0 Å². The normalized spacial score (nSPS) is 10.7. The van der Waals surface area contributed by atoms with Gasteiger partial charge in [0.25, 0.3) is 0 Å². The number of Topliss-reactive ketones (excluding diaryl/α,β-unsaturated/α-hetero) is 1. The monoisotopic (exact) mass is 388 g/mol. The van der Waals surface area contributed by atoms with Gasteiger partial charge in [0.15, 0.2) is 19.4 Å². The zero-order valence-corrected chi connectivity index (χ0v) is 16.9. The van der Waals surface area contributed by atoms with Crippen molar-refractivity contribution in [1.82, 2.24) is 0 Å². The second kappa shape index (κ2) is 11.4. The Morgan fingerprint density at radius 1 is 0.893 bits per heavy atom. The summed E-state index contributed by atoms with van der Waals surface area (Å²) in [6.45, 7) is 2.40. The summed E-state index contributed by atoms with van der Waals surface area (Å²) >= 11 is 0. The van der Waals surface area contributed by atoms with Crippen LogP contribution in [0.15, 0.2) is 36.4 Å². The first-order valence-corrected chi connectivity index (χ1v) is 9.18. The van der Waals surface area contributed by atoms with Crippen molar-refractivity contribution >= 4 is 5.78 Å². The van der Waals surface area contributed by atoms with E-state index in [1.54, 1.807) is 20.3 Å². The van der Waals surface area contributed by atoms with E-state index in [1.807, 2.05) is 37.3 Å². The number of methoxy groups -OCH3 is 3. The van der Waals surface area contributed by atoms with Crippen molar-refractivity contribution in [3.05, 3.63) is 47.5 Å². The van der Waals surface area contributed by atoms with Crippen LogP contribution in [0.4, 0.5) is 0 Å². The van der Waals surface area contributed by atoms with Crippen LogP contribution in [0.5, 0.6) is 11.5 Å². The quantitative estimate of drug-likeness (QED) is 0.403. The molecule has 0 unspecified atom stereocenters. The molecule has 0 N–H and O–H groups in total. The predicted octanol–water partition coefficient (Wildman–Crippen LogP) is 4.10. The second-order valence-electron chi connectivity index (χ2n) is 6.09. The first-order valence-electron chi connectivity index (χ1n) is 9.18. The van der Waals surface area contributed by atoms with Gasteiger partial charge in [-0.25, -0.2) is 0 Å². The Kier molecular flexibility index (Phi) is 8.94. The molecule has 152 valence electrons. The highest BCUT2D eigenvalue weighted by Crippen LogP contribution is 2.41. The molecule has 0 aliphatic carbocycles. The minimum absolute atomic E-state index is 0.00678. The first-order chi connectivity index (χ1) is 13.7. The summed E-state index contributed by atoms with van der Waals surface area (Å²) in [6, 6.07) is 11.6. The lowest BCUT2D eigenvalue weighted by molar-refractivity contribution is 0.0456. The van der Waals surface area contributed by atoms with Crippen LogP contribution in [0.1, 0.15) is 29.3 Å². The van der Waals surface area contributed by atoms with Gasteiger partial charge in [-0.15, -0.1) is 0 Å². The number of rotatable bonds is 12. The molecule has 6 nitrogen and oxygen atoms in total. The lowest BCUT2D eigenvalue weighted by Gasteiger charge is -2.22. The molecular weight excluding hydrogens is 360 g/mol. The standard InChI is InChI=1S/C22H28O6/c1-5-18(23)22-17(11-12-24-2)21(16-9-7-6-8-10-16)19(27-14-25-3)13-20(22)28-15-26-4/h6-10,13H,5,11-12,14-15H2,1-4H3. The van der Waals surface area contributed by atoms with Crippen molar-refractivity contribution in [2.24, 2.45) is 0 Å². The van der Waals surface area contributed by atoms with Gasteiger partial charge in [-0.3, -0.25) is 4.79 Å². The van der Waals surface area contributed by atoms with Crippen LogP contribution in [0, 0.1) is 0 Å². The summed E-state index contributed by atoms with van der Waals surface area (Å²) < 4.78 is 27.0. The molecule has 2 rings (SSSR count). The average molecular weight is 388 g/mol. The predicted molar refractivity (Wildman–Crippen MR) is 107 cm³/mol. The van der Waals surface area contributed by atoms with E-state index in [0.29, 0.717) is 36.5 Å². The third-order valence-electron chi connectivity index (χ3n) is 4.24. The lowest BCUT2D eigenvalue weighted by Crippen LogP contribution is -2.13. The maximum Gasteiger partial charge on any atom is 0.188 e. The number of ketones is 1. The molecule has 2 aromatic rings. The molecule has 28 heavy (non-hydrogen) atoms. The summed E-state index contributed by atoms with van der Waals surface area (Å²) in [6.07, 6.45) is 0.894. The van der Waals surface area contributed by atoms with Crippen molar-refractivity contribution < 1.29 is 28.5 Å². The van der Waals surface area contributed by atoms with E-state index < -0.39 is 0 Å². The molecule has 0 bridgehead atoms. The van der Waals surface area contributed by atoms with Gasteiger partial charge in [-0.1, -0.05) is 37.3 Å². The Balaban J connectivity index is 2.77. The summed E-state index contributed by atoms with van der Waals surface area (Å²) in [5.74, 6) is 1.01. The molecule has 0 aliphatic rings. The third kappa shape index (κ3) is 5.32. The maximum atomic E-state index is 12.9. The molecule has 0 aliphatic heterocycles. The second-order valence-corrected chi connectivity index (χ2v) is 6.09. The SMILES string of the molecule is CCC(=O)c1c(OCOC)cc(OCOC)c(-c2ccccc2)c1CCOC. The van der Waals surface area contributed by atoms with E-state index in [-0.39, 0.29) is 19.4 Å². The molecule has 0 saturated heterocycles. The Labute approximate surface area is 166 Å². The minimum atomic E-state index is -0.00678. The average Bonchev–Trinajstić information content (AvgIpc) is 2.74. The fourth-order valence-electron chi connectivity index (χ4n) is 3.02. The molecule has 0 saturated carbocycles. The van der Waals surface area contributed by atoms with Gasteiger partial charge in [0.1, 0.15) is 11.5 Å². The zero-order chi connectivity index (χ0) is 20.4. The van der Waals surface area contributed by atoms with Gasteiger partial charge in [-0.2, -0.15) is 0 Å². The molecular formula is C22H28O6. The molecule has 0 spiro atoms. The van der Waals surface area contributed by atoms with Gasteiger partial charge in [0.05, 0.1) is 12.2 Å². The third-order valence-corrected chi connectivity index (χ3v) is 4.24. The Morgan fingerprint density at radius 3 is 2.11 bits per heavy atom. The number of ether oxygens (including phenoxy) is 5. The first kappa shape index (κ1) is 21.9. The van der Waals surface area contributed by atoms with Crippen LogP contribution in [-0.4, -0.2) is 47.3 Å². The molecule has 0 radical (unpaired) electrons. The van der Waals surface area contributed by atoms with Crippen molar-refractivity contribution in [3.8, 4) is 22.6 Å². The van der Waals surface area contributed by atoms with Gasteiger partial charge in [0, 0.05) is 39.4 Å². The lowest BCUT2D eigenvalue weighted by atomic mass is 9.89. The fraction of sp³-hybridized carbons (Fsp3) is 0.409. The summed E-state index contributed by atoms with van der Waals surface area (Å²) in [7, 11) is 4.73. The van der Waals surface area contributed by atoms with Crippen molar-refractivity contribution in [2.75, 3.05) is 41.5 Å². The topological polar surface area (TPSA) is 63.2 Å².